The van der Waals surface area contributed by atoms with Crippen molar-refractivity contribution in [1.82, 2.24) is 5.16 Å². The summed E-state index contributed by atoms with van der Waals surface area (Å²) in [6, 6.07) is 6.19. The van der Waals surface area contributed by atoms with Gasteiger partial charge in [0, 0.05) is 5.56 Å². The zero-order chi connectivity index (χ0) is 16.4. The third-order valence-corrected chi connectivity index (χ3v) is 5.82. The van der Waals surface area contributed by atoms with Crippen LogP contribution >= 0.6 is 0 Å². The first-order valence-electron chi connectivity index (χ1n) is 7.63. The average Bonchev–Trinajstić information content (AvgIpc) is 2.98. The third-order valence-electron chi connectivity index (χ3n) is 4.03. The summed E-state index contributed by atoms with van der Waals surface area (Å²) in [5.74, 6) is -0.231. The fourth-order valence-corrected chi connectivity index (χ4v) is 3.83. The van der Waals surface area contributed by atoms with E-state index in [9.17, 15) is 13.2 Å². The van der Waals surface area contributed by atoms with Gasteiger partial charge in [0.05, 0.1) is 21.9 Å². The van der Waals surface area contributed by atoms with Gasteiger partial charge in [0.1, 0.15) is 0 Å². The van der Waals surface area contributed by atoms with Crippen LogP contribution in [0.3, 0.4) is 0 Å². The van der Waals surface area contributed by atoms with Crippen molar-refractivity contribution in [2.45, 2.75) is 37.5 Å². The minimum Gasteiger partial charge on any atom is -0.338 e. The number of aromatic nitrogens is 1. The molecule has 3 rings (SSSR count). The second-order valence-corrected chi connectivity index (χ2v) is 7.74. The molecule has 1 heterocycles. The molecular weight excluding hydrogens is 316 g/mol. The van der Waals surface area contributed by atoms with Crippen LogP contribution in [0.2, 0.25) is 0 Å². The van der Waals surface area contributed by atoms with Crippen LogP contribution in [0.25, 0.3) is 0 Å². The Hall–Kier alpha value is -2.15. The van der Waals surface area contributed by atoms with Crippen molar-refractivity contribution in [2.75, 3.05) is 11.1 Å². The number of sulfone groups is 1. The van der Waals surface area contributed by atoms with Crippen molar-refractivity contribution in [3.05, 3.63) is 41.1 Å². The highest BCUT2D eigenvalue weighted by Gasteiger charge is 2.24. The molecule has 1 amide bonds. The predicted molar refractivity (Wildman–Crippen MR) is 85.3 cm³/mol. The van der Waals surface area contributed by atoms with Gasteiger partial charge in [0.25, 0.3) is 5.91 Å². The summed E-state index contributed by atoms with van der Waals surface area (Å²) in [6.45, 7) is 1.55. The molecule has 0 bridgehead atoms. The van der Waals surface area contributed by atoms with E-state index in [0.717, 1.165) is 36.9 Å². The van der Waals surface area contributed by atoms with Crippen molar-refractivity contribution in [1.29, 1.82) is 0 Å². The third kappa shape index (κ3) is 3.01. The van der Waals surface area contributed by atoms with Gasteiger partial charge in [-0.05, 0) is 37.8 Å². The maximum absolute atomic E-state index is 12.5. The number of rotatable bonds is 4. The summed E-state index contributed by atoms with van der Waals surface area (Å²) in [5.41, 5.74) is 1.91. The summed E-state index contributed by atoms with van der Waals surface area (Å²) in [6.07, 6.45) is 3.74. The van der Waals surface area contributed by atoms with E-state index >= 15 is 0 Å². The highest BCUT2D eigenvalue weighted by Crippen LogP contribution is 2.28. The molecule has 1 aromatic carbocycles. The lowest BCUT2D eigenvalue weighted by molar-refractivity contribution is 0.102. The fraction of sp³-hybridized carbons (Fsp3) is 0.375. The first kappa shape index (κ1) is 15.7. The number of nitrogens with zero attached hydrogens (tertiary/aromatic N) is 1. The van der Waals surface area contributed by atoms with Crippen LogP contribution in [-0.4, -0.2) is 25.2 Å². The molecule has 0 unspecified atom stereocenters. The van der Waals surface area contributed by atoms with Gasteiger partial charge in [-0.1, -0.05) is 24.2 Å². The molecule has 1 aliphatic rings. The maximum Gasteiger partial charge on any atom is 0.259 e. The molecule has 23 heavy (non-hydrogen) atoms. The van der Waals surface area contributed by atoms with Gasteiger partial charge in [0.15, 0.2) is 9.84 Å². The number of nitrogens with one attached hydrogen (secondary N) is 1. The molecule has 0 saturated carbocycles. The molecule has 1 aromatic heterocycles. The van der Waals surface area contributed by atoms with Gasteiger partial charge in [-0.25, -0.2) is 8.42 Å². The fourth-order valence-electron chi connectivity index (χ4n) is 2.74. The Labute approximate surface area is 134 Å². The van der Waals surface area contributed by atoms with E-state index in [-0.39, 0.29) is 16.2 Å². The number of carbonyl (C=O) groups excluding carboxylic acids is 1. The molecule has 0 fully saturated rings. The lowest BCUT2D eigenvalue weighted by Crippen LogP contribution is -2.18. The van der Waals surface area contributed by atoms with E-state index in [1.807, 2.05) is 0 Å². The van der Waals surface area contributed by atoms with Crippen molar-refractivity contribution < 1.29 is 17.7 Å². The molecule has 1 aliphatic carbocycles. The summed E-state index contributed by atoms with van der Waals surface area (Å²) in [5, 5.41) is 6.65. The van der Waals surface area contributed by atoms with Crippen LogP contribution in [-0.2, 0) is 22.7 Å². The number of carbonyl (C=O) groups is 1. The van der Waals surface area contributed by atoms with Crippen LogP contribution in [0.5, 0.6) is 0 Å². The van der Waals surface area contributed by atoms with Crippen LogP contribution in [0, 0.1) is 0 Å². The van der Waals surface area contributed by atoms with Crippen molar-refractivity contribution in [3.8, 4) is 0 Å². The molecule has 0 spiro atoms. The predicted octanol–water partition coefficient (Wildman–Crippen LogP) is 2.60. The smallest absolute Gasteiger partial charge is 0.259 e. The van der Waals surface area contributed by atoms with Crippen molar-refractivity contribution in [3.63, 3.8) is 0 Å². The first-order chi connectivity index (χ1) is 11.0. The Morgan fingerprint density at radius 3 is 2.78 bits per heavy atom. The van der Waals surface area contributed by atoms with Gasteiger partial charge in [-0.15, -0.1) is 0 Å². The molecular formula is C16H18N2O4S. The van der Waals surface area contributed by atoms with E-state index in [1.165, 1.54) is 12.1 Å². The van der Waals surface area contributed by atoms with Crippen LogP contribution in [0.15, 0.2) is 33.7 Å². The normalized spacial score (nSPS) is 14.3. The molecule has 7 heteroatoms. The lowest BCUT2D eigenvalue weighted by atomic mass is 9.97. The van der Waals surface area contributed by atoms with Gasteiger partial charge in [0.2, 0.25) is 5.88 Å². The van der Waals surface area contributed by atoms with Crippen molar-refractivity contribution >= 4 is 21.6 Å². The van der Waals surface area contributed by atoms with Gasteiger partial charge < -0.3 is 4.52 Å². The summed E-state index contributed by atoms with van der Waals surface area (Å²) in [7, 11) is -3.48. The zero-order valence-electron chi connectivity index (χ0n) is 12.8. The first-order valence-corrected chi connectivity index (χ1v) is 9.28. The zero-order valence-corrected chi connectivity index (χ0v) is 13.6. The average molecular weight is 334 g/mol. The minimum absolute atomic E-state index is 0.0355. The number of aryl methyl sites for hydroxylation is 1. The monoisotopic (exact) mass is 334 g/mol. The Bertz CT molecular complexity index is 840. The second kappa shape index (κ2) is 6.16. The standard InChI is InChI=1S/C16H18N2O4S/c1-2-23(20,21)14-10-6-4-8-12(14)15(19)17-16-11-7-3-5-9-13(11)18-22-16/h4,6,8,10H,2-3,5,7,9H2,1H3,(H,17,19). The SMILES string of the molecule is CCS(=O)(=O)c1ccccc1C(=O)Nc1onc2c1CCCC2. The van der Waals surface area contributed by atoms with Gasteiger partial charge >= 0.3 is 0 Å². The number of benzene rings is 1. The Kier molecular flexibility index (Phi) is 4.21. The highest BCUT2D eigenvalue weighted by atomic mass is 32.2. The molecule has 0 saturated heterocycles. The highest BCUT2D eigenvalue weighted by molar-refractivity contribution is 7.91. The van der Waals surface area contributed by atoms with E-state index < -0.39 is 15.7 Å². The second-order valence-electron chi connectivity index (χ2n) is 5.50. The van der Waals surface area contributed by atoms with Crippen LogP contribution in [0.4, 0.5) is 5.88 Å². The molecule has 2 aromatic rings. The number of hydrogen-bond donors (Lipinski definition) is 1. The number of amides is 1. The maximum atomic E-state index is 12.5. The largest absolute Gasteiger partial charge is 0.338 e. The lowest BCUT2D eigenvalue weighted by Gasteiger charge is -2.11. The van der Waals surface area contributed by atoms with E-state index in [2.05, 4.69) is 10.5 Å². The van der Waals surface area contributed by atoms with E-state index in [0.29, 0.717) is 5.88 Å². The minimum atomic E-state index is -3.48. The summed E-state index contributed by atoms with van der Waals surface area (Å²) < 4.78 is 29.5. The Morgan fingerprint density at radius 1 is 1.26 bits per heavy atom. The summed E-state index contributed by atoms with van der Waals surface area (Å²) >= 11 is 0. The molecule has 0 aliphatic heterocycles. The summed E-state index contributed by atoms with van der Waals surface area (Å²) in [4.78, 5) is 12.6. The molecule has 6 nitrogen and oxygen atoms in total. The van der Waals surface area contributed by atoms with Crippen LogP contribution in [0.1, 0.15) is 41.4 Å². The van der Waals surface area contributed by atoms with Crippen LogP contribution < -0.4 is 5.32 Å². The van der Waals surface area contributed by atoms with E-state index in [1.54, 1.807) is 19.1 Å². The Morgan fingerprint density at radius 2 is 2.00 bits per heavy atom. The van der Waals surface area contributed by atoms with Gasteiger partial charge in [-0.2, -0.15) is 0 Å². The molecule has 122 valence electrons. The van der Waals surface area contributed by atoms with Gasteiger partial charge in [-0.3, -0.25) is 10.1 Å². The quantitative estimate of drug-likeness (QED) is 0.928. The molecule has 0 radical (unpaired) electrons. The Balaban J connectivity index is 1.92. The van der Waals surface area contributed by atoms with Crippen molar-refractivity contribution in [2.24, 2.45) is 0 Å². The number of anilines is 1. The topological polar surface area (TPSA) is 89.3 Å². The number of hydrogen-bond acceptors (Lipinski definition) is 5. The number of fused-ring (bicyclic) bond motifs is 1. The molecule has 1 N–H and O–H groups in total. The van der Waals surface area contributed by atoms with E-state index in [4.69, 9.17) is 4.52 Å². The molecule has 0 atom stereocenters.